The summed E-state index contributed by atoms with van der Waals surface area (Å²) >= 11 is 1.53. The molecule has 1 aliphatic heterocycles. The quantitative estimate of drug-likeness (QED) is 0.622. The first kappa shape index (κ1) is 18.4. The molecule has 29 heavy (non-hydrogen) atoms. The number of piperazine rings is 1. The van der Waals surface area contributed by atoms with Gasteiger partial charge in [0.1, 0.15) is 0 Å². The first-order valence-corrected chi connectivity index (χ1v) is 10.9. The predicted molar refractivity (Wildman–Crippen MR) is 114 cm³/mol. The maximum absolute atomic E-state index is 13.6. The van der Waals surface area contributed by atoms with E-state index in [0.717, 1.165) is 25.2 Å². The van der Waals surface area contributed by atoms with Crippen molar-refractivity contribution in [2.45, 2.75) is 12.1 Å². The Hall–Kier alpha value is -2.60. The van der Waals surface area contributed by atoms with Crippen molar-refractivity contribution in [1.82, 2.24) is 9.80 Å². The highest BCUT2D eigenvalue weighted by Gasteiger charge is 2.58. The highest BCUT2D eigenvalue weighted by molar-refractivity contribution is 7.08. The van der Waals surface area contributed by atoms with Crippen LogP contribution >= 0.6 is 11.3 Å². The van der Waals surface area contributed by atoms with E-state index in [-0.39, 0.29) is 11.6 Å². The Kier molecular flexibility index (Phi) is 4.66. The Morgan fingerprint density at radius 2 is 1.41 bits per heavy atom. The topological polar surface area (TPSA) is 40.6 Å². The minimum absolute atomic E-state index is 0.0759. The summed E-state index contributed by atoms with van der Waals surface area (Å²) in [6, 6.07) is 19.6. The molecule has 1 aromatic heterocycles. The lowest BCUT2D eigenvalue weighted by atomic mass is 9.84. The third-order valence-electron chi connectivity index (χ3n) is 6.11. The summed E-state index contributed by atoms with van der Waals surface area (Å²) in [4.78, 5) is 31.8. The minimum Gasteiger partial charge on any atom is -0.297 e. The van der Waals surface area contributed by atoms with Crippen molar-refractivity contribution in [3.8, 4) is 0 Å². The van der Waals surface area contributed by atoms with Crippen LogP contribution in [0.4, 0.5) is 0 Å². The molecular weight excluding hydrogens is 380 g/mol. The number of thiophene rings is 1. The molecule has 0 bridgehead atoms. The lowest BCUT2D eigenvalue weighted by Crippen LogP contribution is -2.60. The second kappa shape index (κ2) is 7.34. The summed E-state index contributed by atoms with van der Waals surface area (Å²) in [7, 11) is 0. The zero-order chi connectivity index (χ0) is 19.8. The standard InChI is InChI=1S/C24H22N2O2S/c27-22-20-8-4-5-9-21(20)23(28)24(22,19-10-15-29-17-19)26-13-11-25(12-14-26)16-18-6-2-1-3-7-18/h1-10,15,17H,11-14,16H2. The Bertz CT molecular complexity index is 1000. The summed E-state index contributed by atoms with van der Waals surface area (Å²) in [5.74, 6) is -0.152. The summed E-state index contributed by atoms with van der Waals surface area (Å²) in [5, 5.41) is 3.91. The van der Waals surface area contributed by atoms with Crippen LogP contribution in [0.1, 0.15) is 31.8 Å². The van der Waals surface area contributed by atoms with Crippen LogP contribution in [-0.2, 0) is 12.1 Å². The van der Waals surface area contributed by atoms with Crippen LogP contribution in [0.15, 0.2) is 71.4 Å². The third-order valence-corrected chi connectivity index (χ3v) is 6.79. The van der Waals surface area contributed by atoms with Gasteiger partial charge in [0.25, 0.3) is 0 Å². The molecule has 2 aliphatic rings. The van der Waals surface area contributed by atoms with Gasteiger partial charge in [0.2, 0.25) is 0 Å². The zero-order valence-corrected chi connectivity index (χ0v) is 16.9. The van der Waals surface area contributed by atoms with E-state index >= 15 is 0 Å². The maximum Gasteiger partial charge on any atom is 0.196 e. The molecule has 5 heteroatoms. The predicted octanol–water partition coefficient (Wildman–Crippen LogP) is 3.84. The van der Waals surface area contributed by atoms with Crippen LogP contribution in [0, 0.1) is 0 Å². The fourth-order valence-electron chi connectivity index (χ4n) is 4.66. The van der Waals surface area contributed by atoms with Gasteiger partial charge in [-0.2, -0.15) is 11.3 Å². The first-order chi connectivity index (χ1) is 14.2. The molecule has 1 aliphatic carbocycles. The summed E-state index contributed by atoms with van der Waals surface area (Å²) in [5.41, 5.74) is 1.99. The number of carbonyl (C=O) groups is 2. The fraction of sp³-hybridized carbons (Fsp3) is 0.250. The Morgan fingerprint density at radius 1 is 0.793 bits per heavy atom. The van der Waals surface area contributed by atoms with Crippen molar-refractivity contribution in [2.24, 2.45) is 0 Å². The molecule has 146 valence electrons. The van der Waals surface area contributed by atoms with Gasteiger partial charge in [-0.1, -0.05) is 54.6 Å². The molecular formula is C24H22N2O2S. The van der Waals surface area contributed by atoms with E-state index in [1.807, 2.05) is 35.0 Å². The molecule has 2 aromatic carbocycles. The molecule has 0 atom stereocenters. The molecule has 0 saturated carbocycles. The number of ketones is 2. The number of benzene rings is 2. The zero-order valence-electron chi connectivity index (χ0n) is 16.1. The molecule has 0 spiro atoms. The average molecular weight is 403 g/mol. The van der Waals surface area contributed by atoms with Crippen molar-refractivity contribution >= 4 is 22.9 Å². The Balaban J connectivity index is 1.45. The lowest BCUT2D eigenvalue weighted by Gasteiger charge is -2.43. The lowest BCUT2D eigenvalue weighted by molar-refractivity contribution is 0.0280. The van der Waals surface area contributed by atoms with Crippen LogP contribution in [0.2, 0.25) is 0 Å². The highest BCUT2D eigenvalue weighted by Crippen LogP contribution is 2.43. The van der Waals surface area contributed by atoms with Crippen molar-refractivity contribution in [3.63, 3.8) is 0 Å². The Labute approximate surface area is 174 Å². The number of nitrogens with zero attached hydrogens (tertiary/aromatic N) is 2. The first-order valence-electron chi connectivity index (χ1n) is 9.94. The number of fused-ring (bicyclic) bond motifs is 1. The summed E-state index contributed by atoms with van der Waals surface area (Å²) in [6.07, 6.45) is 0. The molecule has 0 unspecified atom stereocenters. The van der Waals surface area contributed by atoms with Gasteiger partial charge in [0.05, 0.1) is 0 Å². The van der Waals surface area contributed by atoms with Crippen molar-refractivity contribution in [2.75, 3.05) is 26.2 Å². The van der Waals surface area contributed by atoms with Gasteiger partial charge in [-0.15, -0.1) is 0 Å². The van der Waals surface area contributed by atoms with Crippen LogP contribution in [0.25, 0.3) is 0 Å². The van der Waals surface area contributed by atoms with Gasteiger partial charge in [-0.05, 0) is 28.0 Å². The van der Waals surface area contributed by atoms with Gasteiger partial charge in [0, 0.05) is 43.9 Å². The number of carbonyl (C=O) groups excluding carboxylic acids is 2. The van der Waals surface area contributed by atoms with Crippen molar-refractivity contribution in [3.05, 3.63) is 93.7 Å². The van der Waals surface area contributed by atoms with E-state index in [1.165, 1.54) is 16.9 Å². The van der Waals surface area contributed by atoms with E-state index in [2.05, 4.69) is 34.1 Å². The van der Waals surface area contributed by atoms with Gasteiger partial charge >= 0.3 is 0 Å². The van der Waals surface area contributed by atoms with Gasteiger partial charge in [-0.25, -0.2) is 0 Å². The second-order valence-corrected chi connectivity index (χ2v) is 8.46. The van der Waals surface area contributed by atoms with E-state index in [9.17, 15) is 9.59 Å². The van der Waals surface area contributed by atoms with Crippen LogP contribution in [-0.4, -0.2) is 47.5 Å². The normalized spacial score (nSPS) is 19.4. The second-order valence-electron chi connectivity index (χ2n) is 7.68. The van der Waals surface area contributed by atoms with Crippen LogP contribution in [0.3, 0.4) is 0 Å². The molecule has 4 nitrogen and oxygen atoms in total. The number of rotatable bonds is 4. The monoisotopic (exact) mass is 402 g/mol. The minimum atomic E-state index is -1.21. The Morgan fingerprint density at radius 3 is 2.00 bits per heavy atom. The smallest absolute Gasteiger partial charge is 0.196 e. The van der Waals surface area contributed by atoms with Gasteiger partial charge in [-0.3, -0.25) is 19.4 Å². The third kappa shape index (κ3) is 2.89. The van der Waals surface area contributed by atoms with E-state index in [0.29, 0.717) is 24.2 Å². The average Bonchev–Trinajstić information content (AvgIpc) is 3.37. The number of Topliss-reactive ketones (excluding diaryl/α,β-unsaturated/α-hetero) is 2. The largest absolute Gasteiger partial charge is 0.297 e. The van der Waals surface area contributed by atoms with Crippen LogP contribution < -0.4 is 0 Å². The molecule has 2 heterocycles. The van der Waals surface area contributed by atoms with E-state index in [4.69, 9.17) is 0 Å². The summed E-state index contributed by atoms with van der Waals surface area (Å²) < 4.78 is 0. The highest BCUT2D eigenvalue weighted by atomic mass is 32.1. The summed E-state index contributed by atoms with van der Waals surface area (Å²) in [6.45, 7) is 3.93. The molecule has 1 saturated heterocycles. The van der Waals surface area contributed by atoms with E-state index < -0.39 is 5.54 Å². The van der Waals surface area contributed by atoms with Gasteiger partial charge in [0.15, 0.2) is 17.1 Å². The number of hydrogen-bond donors (Lipinski definition) is 0. The molecule has 0 N–H and O–H groups in total. The number of hydrogen-bond acceptors (Lipinski definition) is 5. The van der Waals surface area contributed by atoms with Crippen molar-refractivity contribution in [1.29, 1.82) is 0 Å². The SMILES string of the molecule is O=C1c2ccccc2C(=O)C1(c1ccsc1)N1CCN(Cc2ccccc2)CC1. The molecule has 1 fully saturated rings. The van der Waals surface area contributed by atoms with Gasteiger partial charge < -0.3 is 0 Å². The fourth-order valence-corrected chi connectivity index (χ4v) is 5.36. The molecule has 5 rings (SSSR count). The molecule has 0 radical (unpaired) electrons. The van der Waals surface area contributed by atoms with Crippen LogP contribution in [0.5, 0.6) is 0 Å². The maximum atomic E-state index is 13.6. The van der Waals surface area contributed by atoms with Crippen molar-refractivity contribution < 1.29 is 9.59 Å². The molecule has 0 amide bonds. The molecule has 3 aromatic rings. The van der Waals surface area contributed by atoms with E-state index in [1.54, 1.807) is 12.1 Å².